The molecule has 2 fully saturated rings. The second-order valence-electron chi connectivity index (χ2n) is 12.9. The quantitative estimate of drug-likeness (QED) is 0.424. The Balaban J connectivity index is 1.58. The van der Waals surface area contributed by atoms with E-state index in [2.05, 4.69) is 59.0 Å². The topological polar surface area (TPSA) is 40.5 Å². The van der Waals surface area contributed by atoms with Crippen LogP contribution in [0.2, 0.25) is 18.1 Å². The largest absolute Gasteiger partial charge is 0.396 e. The first-order chi connectivity index (χ1) is 14.4. The minimum Gasteiger partial charge on any atom is -0.396 e. The Morgan fingerprint density at radius 3 is 2.48 bits per heavy atom. The molecule has 1 aromatic rings. The Labute approximate surface area is 191 Å². The van der Waals surface area contributed by atoms with E-state index < -0.39 is 13.7 Å². The van der Waals surface area contributed by atoms with E-state index in [1.54, 1.807) is 16.3 Å². The Bertz CT molecular complexity index is 810. The van der Waals surface area contributed by atoms with Crippen molar-refractivity contribution < 1.29 is 10.2 Å². The van der Waals surface area contributed by atoms with Crippen molar-refractivity contribution >= 4 is 13.3 Å². The fraction of sp³-hybridized carbons (Fsp3) is 0.786. The van der Waals surface area contributed by atoms with Gasteiger partial charge in [0.25, 0.3) is 0 Å². The SMILES string of the molecule is CC12CCC3c4ccc([Si](C)(C)C(C)(C)C)cc4CCC3C1CCC2(O)CCCCO. The molecule has 0 amide bonds. The van der Waals surface area contributed by atoms with Crippen molar-refractivity contribution in [2.45, 2.75) is 115 Å². The fourth-order valence-electron chi connectivity index (χ4n) is 7.45. The predicted octanol–water partition coefficient (Wildman–Crippen LogP) is 6.15. The zero-order chi connectivity index (χ0) is 22.7. The number of hydrogen-bond acceptors (Lipinski definition) is 2. The molecule has 2 nitrogen and oxygen atoms in total. The van der Waals surface area contributed by atoms with Crippen molar-refractivity contribution in [3.05, 3.63) is 29.3 Å². The molecule has 3 aliphatic carbocycles. The molecule has 2 N–H and O–H groups in total. The second-order valence-corrected chi connectivity index (χ2v) is 18.2. The van der Waals surface area contributed by atoms with E-state index in [4.69, 9.17) is 0 Å². The predicted molar refractivity (Wildman–Crippen MR) is 134 cm³/mol. The summed E-state index contributed by atoms with van der Waals surface area (Å²) in [7, 11) is -1.50. The number of aliphatic hydroxyl groups excluding tert-OH is 1. The van der Waals surface area contributed by atoms with Crippen LogP contribution in [0.15, 0.2) is 18.2 Å². The molecular weight excluding hydrogens is 396 g/mol. The first-order valence-electron chi connectivity index (χ1n) is 12.9. The van der Waals surface area contributed by atoms with Crippen LogP contribution in [-0.4, -0.2) is 30.5 Å². The third-order valence-electron chi connectivity index (χ3n) is 10.6. The van der Waals surface area contributed by atoms with Gasteiger partial charge in [-0.25, -0.2) is 0 Å². The summed E-state index contributed by atoms with van der Waals surface area (Å²) in [4.78, 5) is 0. The zero-order valence-electron chi connectivity index (χ0n) is 20.9. The smallest absolute Gasteiger partial charge is 0.0859 e. The lowest BCUT2D eigenvalue weighted by Gasteiger charge is -2.53. The molecule has 0 bridgehead atoms. The number of hydrogen-bond donors (Lipinski definition) is 2. The van der Waals surface area contributed by atoms with Crippen molar-refractivity contribution in [1.82, 2.24) is 0 Å². The van der Waals surface area contributed by atoms with Gasteiger partial charge >= 0.3 is 0 Å². The summed E-state index contributed by atoms with van der Waals surface area (Å²) in [6.45, 7) is 14.9. The van der Waals surface area contributed by atoms with Crippen LogP contribution in [0.5, 0.6) is 0 Å². The normalized spacial score (nSPS) is 35.4. The van der Waals surface area contributed by atoms with Crippen LogP contribution in [-0.2, 0) is 6.42 Å². The average molecular weight is 443 g/mol. The van der Waals surface area contributed by atoms with Gasteiger partial charge < -0.3 is 10.2 Å². The van der Waals surface area contributed by atoms with Gasteiger partial charge in [0.15, 0.2) is 0 Å². The fourth-order valence-corrected chi connectivity index (χ4v) is 9.36. The molecule has 0 heterocycles. The Kier molecular flexibility index (Phi) is 6.06. The molecule has 0 spiro atoms. The zero-order valence-corrected chi connectivity index (χ0v) is 21.9. The summed E-state index contributed by atoms with van der Waals surface area (Å²) in [5.41, 5.74) is 2.80. The number of fused-ring (bicyclic) bond motifs is 5. The second kappa shape index (κ2) is 7.99. The molecule has 0 aromatic heterocycles. The number of benzene rings is 1. The summed E-state index contributed by atoms with van der Waals surface area (Å²) in [6.07, 6.45) is 9.67. The van der Waals surface area contributed by atoms with Crippen molar-refractivity contribution in [1.29, 1.82) is 0 Å². The Morgan fingerprint density at radius 2 is 1.81 bits per heavy atom. The molecule has 5 atom stereocenters. The summed E-state index contributed by atoms with van der Waals surface area (Å²) in [5.74, 6) is 2.07. The summed E-state index contributed by atoms with van der Waals surface area (Å²) in [5, 5.41) is 22.9. The van der Waals surface area contributed by atoms with Gasteiger partial charge in [0.05, 0.1) is 13.7 Å². The summed E-state index contributed by atoms with van der Waals surface area (Å²) < 4.78 is 0. The van der Waals surface area contributed by atoms with Crippen LogP contribution < -0.4 is 5.19 Å². The minimum absolute atomic E-state index is 0.0577. The van der Waals surface area contributed by atoms with Gasteiger partial charge in [-0.2, -0.15) is 0 Å². The third-order valence-corrected chi connectivity index (χ3v) is 16.1. The van der Waals surface area contributed by atoms with E-state index in [0.29, 0.717) is 16.9 Å². The first kappa shape index (κ1) is 23.5. The van der Waals surface area contributed by atoms with Crippen LogP contribution in [0.1, 0.15) is 96.1 Å². The van der Waals surface area contributed by atoms with Gasteiger partial charge in [0.1, 0.15) is 0 Å². The highest BCUT2D eigenvalue weighted by molar-refractivity contribution is 6.92. The first-order valence-corrected chi connectivity index (χ1v) is 15.9. The van der Waals surface area contributed by atoms with Crippen LogP contribution in [0.4, 0.5) is 0 Å². The van der Waals surface area contributed by atoms with Gasteiger partial charge in [0, 0.05) is 6.61 Å². The molecule has 31 heavy (non-hydrogen) atoms. The standard InChI is InChI=1S/C28H46O2Si/c1-26(2,3)31(5,6)21-10-12-22-20(19-21)9-11-24-23(22)13-16-27(4)25(24)14-17-28(27,30)15-7-8-18-29/h10,12,19,23-25,29-30H,7-9,11,13-18H2,1-6H3. The number of aryl methyl sites for hydroxylation is 1. The van der Waals surface area contributed by atoms with Crippen LogP contribution >= 0.6 is 0 Å². The minimum atomic E-state index is -1.50. The molecule has 3 aliphatic rings. The van der Waals surface area contributed by atoms with E-state index in [-0.39, 0.29) is 12.0 Å². The molecule has 2 saturated carbocycles. The molecule has 1 aromatic carbocycles. The van der Waals surface area contributed by atoms with Crippen LogP contribution in [0.3, 0.4) is 0 Å². The summed E-state index contributed by atoms with van der Waals surface area (Å²) >= 11 is 0. The van der Waals surface area contributed by atoms with Gasteiger partial charge in [-0.1, -0.05) is 64.2 Å². The maximum absolute atomic E-state index is 11.7. The molecule has 4 rings (SSSR count). The number of rotatable bonds is 5. The molecule has 5 unspecified atom stereocenters. The molecule has 174 valence electrons. The lowest BCUT2D eigenvalue weighted by Crippen LogP contribution is -2.51. The molecular formula is C28H46O2Si. The Morgan fingerprint density at radius 1 is 1.06 bits per heavy atom. The molecule has 0 radical (unpaired) electrons. The van der Waals surface area contributed by atoms with E-state index >= 15 is 0 Å². The lowest BCUT2D eigenvalue weighted by molar-refractivity contribution is -0.108. The highest BCUT2D eigenvalue weighted by Crippen LogP contribution is 2.65. The van der Waals surface area contributed by atoms with Crippen LogP contribution in [0, 0.1) is 17.3 Å². The highest BCUT2D eigenvalue weighted by Gasteiger charge is 2.61. The Hall–Kier alpha value is -0.643. The molecule has 3 heteroatoms. The van der Waals surface area contributed by atoms with E-state index in [0.717, 1.165) is 38.0 Å². The maximum Gasteiger partial charge on any atom is 0.0859 e. The van der Waals surface area contributed by atoms with Crippen molar-refractivity contribution in [2.24, 2.45) is 17.3 Å². The van der Waals surface area contributed by atoms with E-state index in [1.807, 2.05) is 0 Å². The van der Waals surface area contributed by atoms with Crippen molar-refractivity contribution in [3.63, 3.8) is 0 Å². The van der Waals surface area contributed by atoms with Crippen LogP contribution in [0.25, 0.3) is 0 Å². The van der Waals surface area contributed by atoms with Gasteiger partial charge in [0.2, 0.25) is 0 Å². The van der Waals surface area contributed by atoms with E-state index in [1.165, 1.54) is 25.7 Å². The number of unbranched alkanes of at least 4 members (excludes halogenated alkanes) is 1. The van der Waals surface area contributed by atoms with Crippen molar-refractivity contribution in [3.8, 4) is 0 Å². The number of aliphatic hydroxyl groups is 2. The maximum atomic E-state index is 11.7. The van der Waals surface area contributed by atoms with Gasteiger partial charge in [-0.05, 0) is 97.1 Å². The van der Waals surface area contributed by atoms with Crippen molar-refractivity contribution in [2.75, 3.05) is 6.61 Å². The monoisotopic (exact) mass is 442 g/mol. The average Bonchev–Trinajstić information content (AvgIpc) is 2.98. The van der Waals surface area contributed by atoms with E-state index in [9.17, 15) is 10.2 Å². The molecule has 0 saturated heterocycles. The highest BCUT2D eigenvalue weighted by atomic mass is 28.3. The third kappa shape index (κ3) is 3.67. The van der Waals surface area contributed by atoms with Gasteiger partial charge in [-0.3, -0.25) is 0 Å². The van der Waals surface area contributed by atoms with Gasteiger partial charge in [-0.15, -0.1) is 0 Å². The summed E-state index contributed by atoms with van der Waals surface area (Å²) in [6, 6.07) is 7.58. The molecule has 0 aliphatic heterocycles. The lowest BCUT2D eigenvalue weighted by atomic mass is 9.53.